The molecule has 0 aliphatic rings. The minimum absolute atomic E-state index is 0.0839. The lowest BCUT2D eigenvalue weighted by molar-refractivity contribution is 0.0691. The number of H-pyrrole nitrogens is 2. The maximum absolute atomic E-state index is 13.0. The highest BCUT2D eigenvalue weighted by molar-refractivity contribution is 6.31. The van der Waals surface area contributed by atoms with Gasteiger partial charge in [0.25, 0.3) is 5.56 Å². The molecule has 88 valence electrons. The first-order valence-corrected chi connectivity index (χ1v) is 4.88. The summed E-state index contributed by atoms with van der Waals surface area (Å²) in [5, 5.41) is 13.1. The van der Waals surface area contributed by atoms with E-state index in [1.54, 1.807) is 0 Å². The lowest BCUT2D eigenvalue weighted by Crippen LogP contribution is -2.05. The molecular weight excluding hydrogens is 251 g/mol. The van der Waals surface area contributed by atoms with Gasteiger partial charge in [-0.25, -0.2) is 9.18 Å². The monoisotopic (exact) mass is 256 g/mol. The van der Waals surface area contributed by atoms with Crippen molar-refractivity contribution in [1.82, 2.24) is 10.2 Å². The van der Waals surface area contributed by atoms with Crippen molar-refractivity contribution in [2.24, 2.45) is 0 Å². The largest absolute Gasteiger partial charge is 0.477 e. The Balaban J connectivity index is 2.68. The van der Waals surface area contributed by atoms with Crippen LogP contribution >= 0.6 is 11.6 Å². The van der Waals surface area contributed by atoms with Crippen molar-refractivity contribution in [2.45, 2.75) is 0 Å². The number of aromatic carboxylic acids is 1. The molecule has 17 heavy (non-hydrogen) atoms. The number of benzene rings is 1. The van der Waals surface area contributed by atoms with Crippen LogP contribution in [0.3, 0.4) is 0 Å². The molecule has 2 rings (SSSR count). The molecule has 0 amide bonds. The van der Waals surface area contributed by atoms with Crippen LogP contribution in [0.15, 0.2) is 23.0 Å². The zero-order valence-electron chi connectivity index (χ0n) is 8.25. The van der Waals surface area contributed by atoms with E-state index in [-0.39, 0.29) is 21.8 Å². The Morgan fingerprint density at radius 1 is 1.35 bits per heavy atom. The first-order chi connectivity index (χ1) is 8.00. The molecule has 1 aromatic carbocycles. The molecular formula is C10H6ClFN2O3. The molecule has 7 heteroatoms. The van der Waals surface area contributed by atoms with Gasteiger partial charge in [0.2, 0.25) is 0 Å². The first-order valence-electron chi connectivity index (χ1n) is 4.50. The van der Waals surface area contributed by atoms with E-state index < -0.39 is 17.3 Å². The van der Waals surface area contributed by atoms with Crippen molar-refractivity contribution in [1.29, 1.82) is 0 Å². The molecule has 0 unspecified atom stereocenters. The number of hydrogen-bond acceptors (Lipinski definition) is 2. The van der Waals surface area contributed by atoms with Crippen LogP contribution in [0.2, 0.25) is 5.02 Å². The Morgan fingerprint density at radius 2 is 2.06 bits per heavy atom. The average Bonchev–Trinajstić information content (AvgIpc) is 2.64. The molecule has 0 fully saturated rings. The summed E-state index contributed by atoms with van der Waals surface area (Å²) in [6, 6.07) is 3.55. The van der Waals surface area contributed by atoms with Crippen LogP contribution in [0.5, 0.6) is 0 Å². The number of nitrogens with one attached hydrogen (secondary N) is 2. The second kappa shape index (κ2) is 4.06. The van der Waals surface area contributed by atoms with Crippen molar-refractivity contribution in [2.75, 3.05) is 0 Å². The lowest BCUT2D eigenvalue weighted by Gasteiger charge is -2.00. The third-order valence-electron chi connectivity index (χ3n) is 2.20. The SMILES string of the molecule is O=C(O)c1[nH][nH]c(=O)c1-c1ccc(F)c(Cl)c1. The fourth-order valence-electron chi connectivity index (χ4n) is 1.45. The molecule has 0 saturated carbocycles. The van der Waals surface area contributed by atoms with Crippen LogP contribution in [0.25, 0.3) is 11.1 Å². The maximum Gasteiger partial charge on any atom is 0.354 e. The number of aromatic amines is 2. The normalized spacial score (nSPS) is 10.5. The minimum atomic E-state index is -1.29. The predicted molar refractivity (Wildman–Crippen MR) is 58.8 cm³/mol. The van der Waals surface area contributed by atoms with Crippen LogP contribution in [-0.2, 0) is 0 Å². The summed E-state index contributed by atoms with van der Waals surface area (Å²) in [7, 11) is 0. The molecule has 0 radical (unpaired) electrons. The van der Waals surface area contributed by atoms with Gasteiger partial charge < -0.3 is 5.11 Å². The van der Waals surface area contributed by atoms with Gasteiger partial charge >= 0.3 is 5.97 Å². The third-order valence-corrected chi connectivity index (χ3v) is 2.49. The predicted octanol–water partition coefficient (Wildman–Crippen LogP) is 1.86. The average molecular weight is 257 g/mol. The highest BCUT2D eigenvalue weighted by atomic mass is 35.5. The summed E-state index contributed by atoms with van der Waals surface area (Å²) in [4.78, 5) is 22.3. The van der Waals surface area contributed by atoms with E-state index in [0.717, 1.165) is 6.07 Å². The number of carbonyl (C=O) groups is 1. The topological polar surface area (TPSA) is 85.9 Å². The van der Waals surface area contributed by atoms with E-state index in [4.69, 9.17) is 16.7 Å². The molecule has 0 aliphatic carbocycles. The fourth-order valence-corrected chi connectivity index (χ4v) is 1.63. The number of rotatable bonds is 2. The second-order valence-electron chi connectivity index (χ2n) is 3.26. The summed E-state index contributed by atoms with van der Waals surface area (Å²) in [6.07, 6.45) is 0. The number of carboxylic acids is 1. The van der Waals surface area contributed by atoms with E-state index >= 15 is 0 Å². The fraction of sp³-hybridized carbons (Fsp3) is 0. The second-order valence-corrected chi connectivity index (χ2v) is 3.67. The van der Waals surface area contributed by atoms with Gasteiger partial charge in [0.05, 0.1) is 10.6 Å². The summed E-state index contributed by atoms with van der Waals surface area (Å²) in [6.45, 7) is 0. The number of hydrogen-bond donors (Lipinski definition) is 3. The zero-order chi connectivity index (χ0) is 12.6. The van der Waals surface area contributed by atoms with E-state index in [1.807, 2.05) is 0 Å². The molecule has 0 saturated heterocycles. The van der Waals surface area contributed by atoms with Crippen LogP contribution < -0.4 is 5.56 Å². The van der Waals surface area contributed by atoms with Crippen LogP contribution in [0, 0.1) is 5.82 Å². The van der Waals surface area contributed by atoms with Gasteiger partial charge in [-0.3, -0.25) is 15.0 Å². The van der Waals surface area contributed by atoms with Crippen molar-refractivity contribution in [3.63, 3.8) is 0 Å². The molecule has 0 bridgehead atoms. The van der Waals surface area contributed by atoms with Gasteiger partial charge in [0.1, 0.15) is 5.82 Å². The number of aromatic nitrogens is 2. The maximum atomic E-state index is 13.0. The smallest absolute Gasteiger partial charge is 0.354 e. The van der Waals surface area contributed by atoms with E-state index in [2.05, 4.69) is 10.2 Å². The molecule has 0 atom stereocenters. The Morgan fingerprint density at radius 3 is 2.65 bits per heavy atom. The van der Waals surface area contributed by atoms with Crippen molar-refractivity contribution >= 4 is 17.6 Å². The van der Waals surface area contributed by atoms with E-state index in [1.165, 1.54) is 12.1 Å². The van der Waals surface area contributed by atoms with Crippen molar-refractivity contribution in [3.8, 4) is 11.1 Å². The highest BCUT2D eigenvalue weighted by Crippen LogP contribution is 2.24. The van der Waals surface area contributed by atoms with Gasteiger partial charge in [0.15, 0.2) is 5.69 Å². The van der Waals surface area contributed by atoms with E-state index in [0.29, 0.717) is 0 Å². The Labute approximate surface area is 98.8 Å². The summed E-state index contributed by atoms with van der Waals surface area (Å²) < 4.78 is 13.0. The molecule has 3 N–H and O–H groups in total. The quantitative estimate of drug-likeness (QED) is 0.766. The van der Waals surface area contributed by atoms with Gasteiger partial charge in [-0.15, -0.1) is 0 Å². The van der Waals surface area contributed by atoms with Gasteiger partial charge in [-0.2, -0.15) is 0 Å². The Bertz CT molecular complexity index is 647. The Kier molecular flexibility index (Phi) is 2.72. The number of carboxylic acid groups (broad SMARTS) is 1. The number of halogens is 2. The lowest BCUT2D eigenvalue weighted by atomic mass is 10.1. The molecule has 1 heterocycles. The molecule has 0 aliphatic heterocycles. The molecule has 1 aromatic heterocycles. The van der Waals surface area contributed by atoms with Crippen LogP contribution in [-0.4, -0.2) is 21.3 Å². The van der Waals surface area contributed by atoms with Gasteiger partial charge in [-0.05, 0) is 17.7 Å². The molecule has 2 aromatic rings. The summed E-state index contributed by atoms with van der Waals surface area (Å²) in [5.41, 5.74) is -0.751. The summed E-state index contributed by atoms with van der Waals surface area (Å²) >= 11 is 5.57. The standard InChI is InChI=1S/C10H6ClFN2O3/c11-5-3-4(1-2-6(5)12)7-8(10(16)17)13-14-9(7)15/h1-3H,(H,16,17)(H2,13,14,15). The highest BCUT2D eigenvalue weighted by Gasteiger charge is 2.18. The molecule has 0 spiro atoms. The van der Waals surface area contributed by atoms with Gasteiger partial charge in [0, 0.05) is 0 Å². The van der Waals surface area contributed by atoms with Crippen LogP contribution in [0.4, 0.5) is 4.39 Å². The zero-order valence-corrected chi connectivity index (χ0v) is 9.01. The first kappa shape index (κ1) is 11.4. The third kappa shape index (κ3) is 1.94. The van der Waals surface area contributed by atoms with Crippen molar-refractivity contribution < 1.29 is 14.3 Å². The summed E-state index contributed by atoms with van der Waals surface area (Å²) in [5.74, 6) is -1.93. The van der Waals surface area contributed by atoms with Crippen molar-refractivity contribution in [3.05, 3.63) is 45.1 Å². The van der Waals surface area contributed by atoms with Gasteiger partial charge in [-0.1, -0.05) is 17.7 Å². The Hall–Kier alpha value is -2.08. The molecule has 5 nitrogen and oxygen atoms in total. The minimum Gasteiger partial charge on any atom is -0.477 e. The van der Waals surface area contributed by atoms with E-state index in [9.17, 15) is 14.0 Å². The van der Waals surface area contributed by atoms with Crippen LogP contribution in [0.1, 0.15) is 10.5 Å².